The Morgan fingerprint density at radius 1 is 0.519 bits per heavy atom. The van der Waals surface area contributed by atoms with Crippen molar-refractivity contribution < 1.29 is 88.3 Å². The summed E-state index contributed by atoms with van der Waals surface area (Å²) in [5.41, 5.74) is -1.49. The van der Waals surface area contributed by atoms with Crippen LogP contribution in [0.5, 0.6) is 0 Å². The van der Waals surface area contributed by atoms with Crippen LogP contribution in [0.4, 0.5) is 43.9 Å². The van der Waals surface area contributed by atoms with Gasteiger partial charge in [-0.15, -0.1) is 0 Å². The molecule has 2 atom stereocenters. The van der Waals surface area contributed by atoms with Crippen LogP contribution in [0.3, 0.4) is 0 Å². The molecule has 2 aromatic carbocycles. The molecule has 0 saturated heterocycles. The fourth-order valence-electron chi connectivity index (χ4n) is 3.82. The van der Waals surface area contributed by atoms with E-state index in [1.807, 2.05) is 0 Å². The number of nitrogens with one attached hydrogen (secondary N) is 2. The van der Waals surface area contributed by atoms with Gasteiger partial charge in [0.05, 0.1) is 0 Å². The highest BCUT2D eigenvalue weighted by Gasteiger charge is 2.60. The smallest absolute Gasteiger partial charge is 0.350 e. The van der Waals surface area contributed by atoms with Gasteiger partial charge < -0.3 is 10.6 Å². The van der Waals surface area contributed by atoms with Crippen LogP contribution in [0.2, 0.25) is 0 Å². The van der Waals surface area contributed by atoms with E-state index in [9.17, 15) is 79.9 Å². The van der Waals surface area contributed by atoms with E-state index < -0.39 is 103 Å². The first-order valence-electron chi connectivity index (χ1n) is 14.3. The lowest BCUT2D eigenvalue weighted by Crippen LogP contribution is -2.50. The van der Waals surface area contributed by atoms with Crippen molar-refractivity contribution in [2.45, 2.75) is 60.8 Å². The fraction of sp³-hybridized carbons (Fsp3) is 0.429. The van der Waals surface area contributed by atoms with Gasteiger partial charge in [0, 0.05) is 24.2 Å². The van der Waals surface area contributed by atoms with E-state index in [1.165, 1.54) is 22.8 Å². The standard InChI is InChI=1S/C28H26F10N2O10S2/c29-25(30,31)21(19(41)17-11-5-3-6-12-17)49-51(45,46)27(35,36)23(43)39-15-9-1-2-10-16-40-24(44)28(37,38)52(47,48)50-22(26(32,33)34)20(42)18-13-7-4-8-14-18/h3-8,11-14,21-22H,1-2,9-10,15-16H2,(H,39,43)(H,40,44). The SMILES string of the molecule is O=C(c1ccccc1)C(OS(=O)(=O)C(F)(F)C(=O)NCCCCCCNC(=O)C(F)(F)S(=O)(=O)OC(C(=O)c1ccccc1)C(F)(F)F)C(F)(F)F. The van der Waals surface area contributed by atoms with Crippen molar-refractivity contribution in [1.82, 2.24) is 10.6 Å². The molecule has 2 rings (SSSR count). The first-order valence-corrected chi connectivity index (χ1v) is 17.1. The van der Waals surface area contributed by atoms with E-state index in [-0.39, 0.29) is 25.7 Å². The van der Waals surface area contributed by atoms with Gasteiger partial charge in [-0.3, -0.25) is 19.2 Å². The number of ketones is 2. The maximum absolute atomic E-state index is 14.4. The van der Waals surface area contributed by atoms with Crippen LogP contribution >= 0.6 is 0 Å². The van der Waals surface area contributed by atoms with Crippen molar-refractivity contribution in [2.24, 2.45) is 0 Å². The van der Waals surface area contributed by atoms with E-state index in [2.05, 4.69) is 8.37 Å². The summed E-state index contributed by atoms with van der Waals surface area (Å²) >= 11 is 0. The number of carbonyl (C=O) groups excluding carboxylic acids is 4. The summed E-state index contributed by atoms with van der Waals surface area (Å²) < 4.78 is 193. The summed E-state index contributed by atoms with van der Waals surface area (Å²) in [4.78, 5) is 48.0. The Labute approximate surface area is 288 Å². The molecule has 0 radical (unpaired) electrons. The molecule has 24 heteroatoms. The second-order valence-corrected chi connectivity index (χ2v) is 13.6. The number of rotatable bonds is 19. The Morgan fingerprint density at radius 3 is 1.08 bits per heavy atom. The number of halogens is 10. The third kappa shape index (κ3) is 11.2. The highest BCUT2D eigenvalue weighted by Crippen LogP contribution is 2.34. The lowest BCUT2D eigenvalue weighted by molar-refractivity contribution is -0.180. The molecule has 0 heterocycles. The summed E-state index contributed by atoms with van der Waals surface area (Å²) in [6, 6.07) is 10.2. The highest BCUT2D eigenvalue weighted by molar-refractivity contribution is 7.89. The quantitative estimate of drug-likeness (QED) is 0.0902. The minimum Gasteiger partial charge on any atom is -0.350 e. The number of amides is 2. The molecular formula is C28H26F10N2O10S2. The Morgan fingerprint density at radius 2 is 0.808 bits per heavy atom. The van der Waals surface area contributed by atoms with Gasteiger partial charge in [-0.25, -0.2) is 8.37 Å². The van der Waals surface area contributed by atoms with Gasteiger partial charge in [-0.05, 0) is 12.8 Å². The van der Waals surface area contributed by atoms with Gasteiger partial charge >= 0.3 is 54.9 Å². The topological polar surface area (TPSA) is 179 Å². The largest absolute Gasteiger partial charge is 0.446 e. The number of unbranched alkanes of at least 4 members (excludes halogenated alkanes) is 3. The minimum atomic E-state index is -6.72. The molecule has 2 aromatic rings. The monoisotopic (exact) mass is 804 g/mol. The normalized spacial score (nSPS) is 14.3. The number of carbonyl (C=O) groups is 4. The molecule has 0 fully saturated rings. The summed E-state index contributed by atoms with van der Waals surface area (Å²) in [7, 11) is -13.4. The third-order valence-electron chi connectivity index (χ3n) is 6.46. The first-order chi connectivity index (χ1) is 23.8. The summed E-state index contributed by atoms with van der Waals surface area (Å²) in [5.74, 6) is -9.35. The number of benzene rings is 2. The second-order valence-electron chi connectivity index (χ2n) is 10.4. The average Bonchev–Trinajstić information content (AvgIpc) is 3.06. The number of alkyl halides is 10. The van der Waals surface area contributed by atoms with Crippen LogP contribution in [0.15, 0.2) is 60.7 Å². The zero-order valence-electron chi connectivity index (χ0n) is 25.8. The molecule has 2 N–H and O–H groups in total. The van der Waals surface area contributed by atoms with Crippen molar-refractivity contribution in [3.63, 3.8) is 0 Å². The van der Waals surface area contributed by atoms with Crippen LogP contribution in [0, 0.1) is 0 Å². The van der Waals surface area contributed by atoms with Crippen molar-refractivity contribution in [2.75, 3.05) is 13.1 Å². The third-order valence-corrected chi connectivity index (χ3v) is 8.98. The van der Waals surface area contributed by atoms with E-state index in [1.54, 1.807) is 0 Å². The van der Waals surface area contributed by atoms with Gasteiger partial charge in [0.25, 0.3) is 0 Å². The first kappa shape index (κ1) is 44.0. The van der Waals surface area contributed by atoms with Crippen molar-refractivity contribution in [3.8, 4) is 0 Å². The van der Waals surface area contributed by atoms with Gasteiger partial charge in [0.1, 0.15) is 0 Å². The molecule has 2 amide bonds. The van der Waals surface area contributed by atoms with E-state index >= 15 is 0 Å². The van der Waals surface area contributed by atoms with Gasteiger partial charge in [0.15, 0.2) is 0 Å². The number of hydrogen-bond donors (Lipinski definition) is 2. The van der Waals surface area contributed by atoms with Crippen molar-refractivity contribution in [3.05, 3.63) is 71.8 Å². The predicted octanol–water partition coefficient (Wildman–Crippen LogP) is 4.29. The lowest BCUT2D eigenvalue weighted by atomic mass is 10.1. The summed E-state index contributed by atoms with van der Waals surface area (Å²) in [5, 5.41) is -8.40. The molecule has 0 aromatic heterocycles. The van der Waals surface area contributed by atoms with E-state index in [0.717, 1.165) is 48.5 Å². The average molecular weight is 805 g/mol. The van der Waals surface area contributed by atoms with Gasteiger partial charge in [-0.2, -0.15) is 60.7 Å². The maximum Gasteiger partial charge on any atom is 0.446 e. The van der Waals surface area contributed by atoms with E-state index in [0.29, 0.717) is 0 Å². The van der Waals surface area contributed by atoms with Crippen LogP contribution < -0.4 is 10.6 Å². The Hall–Kier alpha value is -4.16. The second kappa shape index (κ2) is 17.1. The van der Waals surface area contributed by atoms with E-state index in [4.69, 9.17) is 0 Å². The molecule has 290 valence electrons. The summed E-state index contributed by atoms with van der Waals surface area (Å²) in [6.07, 6.45) is -20.1. The Bertz CT molecular complexity index is 1660. The molecule has 0 aliphatic heterocycles. The molecule has 12 nitrogen and oxygen atoms in total. The summed E-state index contributed by atoms with van der Waals surface area (Å²) in [6.45, 7) is -1.48. The maximum atomic E-state index is 14.4. The van der Waals surface area contributed by atoms with Crippen LogP contribution in [-0.4, -0.2) is 88.4 Å². The lowest BCUT2D eigenvalue weighted by Gasteiger charge is -2.22. The number of Topliss-reactive ketones (excluding diaryl/α,β-unsaturated/α-hetero) is 2. The zero-order chi connectivity index (χ0) is 39.8. The molecule has 0 aliphatic carbocycles. The zero-order valence-corrected chi connectivity index (χ0v) is 27.5. The molecule has 2 unspecified atom stereocenters. The molecule has 0 aliphatic rings. The molecule has 0 spiro atoms. The van der Waals surface area contributed by atoms with Gasteiger partial charge in [0.2, 0.25) is 23.8 Å². The molecule has 0 bridgehead atoms. The van der Waals surface area contributed by atoms with Crippen LogP contribution in [0.25, 0.3) is 0 Å². The highest BCUT2D eigenvalue weighted by atomic mass is 32.2. The Balaban J connectivity index is 1.87. The molecular weight excluding hydrogens is 778 g/mol. The minimum absolute atomic E-state index is 0.0840. The van der Waals surface area contributed by atoms with Crippen LogP contribution in [0.1, 0.15) is 46.4 Å². The van der Waals surface area contributed by atoms with Crippen molar-refractivity contribution in [1.29, 1.82) is 0 Å². The fourth-order valence-corrected chi connectivity index (χ4v) is 5.56. The number of hydrogen-bond acceptors (Lipinski definition) is 10. The molecule has 0 saturated carbocycles. The van der Waals surface area contributed by atoms with Crippen molar-refractivity contribution >= 4 is 43.6 Å². The Kier molecular flexibility index (Phi) is 14.5. The predicted molar refractivity (Wildman–Crippen MR) is 156 cm³/mol. The van der Waals surface area contributed by atoms with Crippen LogP contribution in [-0.2, 0) is 38.2 Å². The molecule has 52 heavy (non-hydrogen) atoms. The van der Waals surface area contributed by atoms with Gasteiger partial charge in [-0.1, -0.05) is 73.5 Å².